The number of likely N-dealkylation sites (N-methyl/N-ethyl adjacent to an activating group) is 1. The van der Waals surface area contributed by atoms with Gasteiger partial charge in [0.1, 0.15) is 11.5 Å². The van der Waals surface area contributed by atoms with Gasteiger partial charge >= 0.3 is 0 Å². The molecule has 0 saturated carbocycles. The molecule has 1 N–H and O–H groups in total. The highest BCUT2D eigenvalue weighted by atomic mass is 16.5. The summed E-state index contributed by atoms with van der Waals surface area (Å²) in [7, 11) is 1.58. The fraction of sp³-hybridized carbons (Fsp3) is 0.385. The molecule has 1 atom stereocenters. The number of aliphatic hydroxyl groups excluding tert-OH is 1. The lowest BCUT2D eigenvalue weighted by Gasteiger charge is -2.28. The van der Waals surface area contributed by atoms with Gasteiger partial charge in [0.15, 0.2) is 0 Å². The van der Waals surface area contributed by atoms with Gasteiger partial charge < -0.3 is 19.6 Å². The van der Waals surface area contributed by atoms with Crippen LogP contribution in [0.4, 0.5) is 0 Å². The Labute approximate surface area is 190 Å². The van der Waals surface area contributed by atoms with Gasteiger partial charge in [-0.15, -0.1) is 0 Å². The van der Waals surface area contributed by atoms with E-state index in [1.165, 1.54) is 0 Å². The summed E-state index contributed by atoms with van der Waals surface area (Å²) in [5.74, 6) is -0.713. The van der Waals surface area contributed by atoms with Gasteiger partial charge in [-0.05, 0) is 56.3 Å². The third-order valence-electron chi connectivity index (χ3n) is 6.14. The highest BCUT2D eigenvalue weighted by Gasteiger charge is 2.46. The summed E-state index contributed by atoms with van der Waals surface area (Å²) in [4.78, 5) is 30.1. The van der Waals surface area contributed by atoms with Gasteiger partial charge in [0.05, 0.1) is 18.7 Å². The number of carbonyl (C=O) groups excluding carboxylic acids is 2. The smallest absolute Gasteiger partial charge is 0.295 e. The number of ketones is 1. The number of likely N-dealkylation sites (tertiary alicyclic amines) is 1. The quantitative estimate of drug-likeness (QED) is 0.384. The summed E-state index contributed by atoms with van der Waals surface area (Å²) in [6.45, 7) is 10.7. The Kier molecular flexibility index (Phi) is 7.36. The fourth-order valence-corrected chi connectivity index (χ4v) is 4.26. The van der Waals surface area contributed by atoms with E-state index in [0.717, 1.165) is 29.8 Å². The van der Waals surface area contributed by atoms with E-state index in [1.54, 1.807) is 30.2 Å². The summed E-state index contributed by atoms with van der Waals surface area (Å²) in [5, 5.41) is 11.3. The van der Waals surface area contributed by atoms with Gasteiger partial charge in [0.2, 0.25) is 0 Å². The molecule has 170 valence electrons. The number of ether oxygens (including phenoxy) is 1. The summed E-state index contributed by atoms with van der Waals surface area (Å²) in [6.07, 6.45) is 0. The number of amides is 1. The first-order chi connectivity index (χ1) is 15.3. The highest BCUT2D eigenvalue weighted by molar-refractivity contribution is 6.46. The van der Waals surface area contributed by atoms with Crippen LogP contribution in [0.5, 0.6) is 5.75 Å². The Balaban J connectivity index is 2.13. The van der Waals surface area contributed by atoms with Gasteiger partial charge in [-0.2, -0.15) is 0 Å². The van der Waals surface area contributed by atoms with Crippen LogP contribution in [0.3, 0.4) is 0 Å². The van der Waals surface area contributed by atoms with Crippen molar-refractivity contribution in [1.82, 2.24) is 9.80 Å². The topological polar surface area (TPSA) is 70.1 Å². The second-order valence-electron chi connectivity index (χ2n) is 8.11. The highest BCUT2D eigenvalue weighted by Crippen LogP contribution is 2.40. The maximum Gasteiger partial charge on any atom is 0.295 e. The van der Waals surface area contributed by atoms with Crippen LogP contribution in [0.1, 0.15) is 42.1 Å². The standard InChI is InChI=1S/C26H32N2O4/c1-6-27(7-2)13-14-28-23(19-10-8-9-17(3)15-19)22(25(30)26(28)31)24(29)21-12-11-20(32-5)16-18(21)4/h8-12,15-16,23,29H,6-7,13-14H2,1-5H3/b24-22-. The van der Waals surface area contributed by atoms with Crippen LogP contribution in [-0.4, -0.2) is 59.9 Å². The number of rotatable bonds is 8. The summed E-state index contributed by atoms with van der Waals surface area (Å²) < 4.78 is 5.26. The monoisotopic (exact) mass is 436 g/mol. The maximum absolute atomic E-state index is 13.2. The first-order valence-corrected chi connectivity index (χ1v) is 11.0. The molecule has 1 saturated heterocycles. The molecule has 0 radical (unpaired) electrons. The van der Waals surface area contributed by atoms with E-state index in [4.69, 9.17) is 4.74 Å². The van der Waals surface area contributed by atoms with Crippen molar-refractivity contribution in [3.8, 4) is 5.75 Å². The predicted molar refractivity (Wildman–Crippen MR) is 126 cm³/mol. The molecule has 1 fully saturated rings. The van der Waals surface area contributed by atoms with Crippen molar-refractivity contribution in [2.24, 2.45) is 0 Å². The van der Waals surface area contributed by atoms with E-state index in [2.05, 4.69) is 18.7 Å². The number of aliphatic hydroxyl groups is 1. The molecule has 1 amide bonds. The molecule has 1 heterocycles. The van der Waals surface area contributed by atoms with Crippen molar-refractivity contribution in [3.05, 3.63) is 70.3 Å². The third kappa shape index (κ3) is 4.55. The van der Waals surface area contributed by atoms with Gasteiger partial charge in [0, 0.05) is 18.7 Å². The van der Waals surface area contributed by atoms with E-state index in [1.807, 2.05) is 38.1 Å². The number of nitrogens with zero attached hydrogens (tertiary/aromatic N) is 2. The average Bonchev–Trinajstić information content (AvgIpc) is 3.04. The normalized spacial score (nSPS) is 17.9. The lowest BCUT2D eigenvalue weighted by molar-refractivity contribution is -0.140. The summed E-state index contributed by atoms with van der Waals surface area (Å²) >= 11 is 0. The Hall–Kier alpha value is -3.12. The van der Waals surface area contributed by atoms with Gasteiger partial charge in [-0.1, -0.05) is 43.7 Å². The molecule has 0 bridgehead atoms. The molecule has 0 spiro atoms. The predicted octanol–water partition coefficient (Wildman–Crippen LogP) is 4.08. The molecule has 0 aliphatic carbocycles. The third-order valence-corrected chi connectivity index (χ3v) is 6.14. The molecule has 1 aliphatic heterocycles. The Bertz CT molecular complexity index is 1040. The maximum atomic E-state index is 13.2. The first kappa shape index (κ1) is 23.5. The van der Waals surface area contributed by atoms with Gasteiger partial charge in [-0.3, -0.25) is 9.59 Å². The molecule has 32 heavy (non-hydrogen) atoms. The number of hydrogen-bond acceptors (Lipinski definition) is 5. The van der Waals surface area contributed by atoms with E-state index < -0.39 is 17.7 Å². The van der Waals surface area contributed by atoms with Crippen LogP contribution >= 0.6 is 0 Å². The molecule has 3 rings (SSSR count). The molecule has 6 heteroatoms. The number of methoxy groups -OCH3 is 1. The molecule has 1 unspecified atom stereocenters. The molecule has 6 nitrogen and oxygen atoms in total. The molecule has 2 aromatic rings. The fourth-order valence-electron chi connectivity index (χ4n) is 4.26. The second-order valence-corrected chi connectivity index (χ2v) is 8.11. The minimum absolute atomic E-state index is 0.133. The number of carbonyl (C=O) groups is 2. The zero-order chi connectivity index (χ0) is 23.4. The first-order valence-electron chi connectivity index (χ1n) is 11.0. The zero-order valence-electron chi connectivity index (χ0n) is 19.5. The van der Waals surface area contributed by atoms with Crippen LogP contribution in [0.25, 0.3) is 5.76 Å². The van der Waals surface area contributed by atoms with Crippen molar-refractivity contribution in [2.75, 3.05) is 33.3 Å². The zero-order valence-corrected chi connectivity index (χ0v) is 19.5. The lowest BCUT2D eigenvalue weighted by Crippen LogP contribution is -2.38. The average molecular weight is 437 g/mol. The Morgan fingerprint density at radius 2 is 1.81 bits per heavy atom. The number of benzene rings is 2. The Morgan fingerprint density at radius 1 is 1.09 bits per heavy atom. The molecule has 2 aromatic carbocycles. The SMILES string of the molecule is CCN(CC)CCN1C(=O)C(=O)/C(=C(\O)c2ccc(OC)cc2C)C1c1cccc(C)c1. The van der Waals surface area contributed by atoms with E-state index in [-0.39, 0.29) is 11.3 Å². The number of aryl methyl sites for hydroxylation is 2. The van der Waals surface area contributed by atoms with Crippen molar-refractivity contribution in [3.63, 3.8) is 0 Å². The molecule has 1 aliphatic rings. The molecular formula is C26H32N2O4. The van der Waals surface area contributed by atoms with Crippen LogP contribution in [-0.2, 0) is 9.59 Å². The van der Waals surface area contributed by atoms with Gasteiger partial charge in [-0.25, -0.2) is 0 Å². The second kappa shape index (κ2) is 10.0. The summed E-state index contributed by atoms with van der Waals surface area (Å²) in [5.41, 5.74) is 3.26. The van der Waals surface area contributed by atoms with E-state index >= 15 is 0 Å². The minimum Gasteiger partial charge on any atom is -0.507 e. The van der Waals surface area contributed by atoms with E-state index in [0.29, 0.717) is 24.4 Å². The number of hydrogen-bond donors (Lipinski definition) is 1. The van der Waals surface area contributed by atoms with Crippen molar-refractivity contribution < 1.29 is 19.4 Å². The van der Waals surface area contributed by atoms with Crippen LogP contribution in [0.2, 0.25) is 0 Å². The van der Waals surface area contributed by atoms with E-state index in [9.17, 15) is 14.7 Å². The number of Topliss-reactive ketones (excluding diaryl/α,β-unsaturated/α-hetero) is 1. The van der Waals surface area contributed by atoms with Crippen LogP contribution in [0, 0.1) is 13.8 Å². The van der Waals surface area contributed by atoms with Crippen molar-refractivity contribution >= 4 is 17.4 Å². The summed E-state index contributed by atoms with van der Waals surface area (Å²) in [6, 6.07) is 12.4. The minimum atomic E-state index is -0.649. The molecule has 0 aromatic heterocycles. The van der Waals surface area contributed by atoms with Crippen molar-refractivity contribution in [1.29, 1.82) is 0 Å². The molecular weight excluding hydrogens is 404 g/mol. The largest absolute Gasteiger partial charge is 0.507 e. The Morgan fingerprint density at radius 3 is 2.41 bits per heavy atom. The lowest BCUT2D eigenvalue weighted by atomic mass is 9.93. The van der Waals surface area contributed by atoms with Crippen molar-refractivity contribution in [2.45, 2.75) is 33.7 Å². The van der Waals surface area contributed by atoms with Gasteiger partial charge in [0.25, 0.3) is 11.7 Å². The van der Waals surface area contributed by atoms with Crippen LogP contribution in [0.15, 0.2) is 48.0 Å². The van der Waals surface area contributed by atoms with Crippen LogP contribution < -0.4 is 4.74 Å².